The van der Waals surface area contributed by atoms with Crippen LogP contribution in [0.5, 0.6) is 0 Å². The second kappa shape index (κ2) is 9.28. The van der Waals surface area contributed by atoms with Crippen molar-refractivity contribution in [3.63, 3.8) is 0 Å². The lowest BCUT2D eigenvalue weighted by Gasteiger charge is -2.25. The summed E-state index contributed by atoms with van der Waals surface area (Å²) >= 11 is 5.45. The molecule has 0 radical (unpaired) electrons. The summed E-state index contributed by atoms with van der Waals surface area (Å²) in [5.74, 6) is 0. The summed E-state index contributed by atoms with van der Waals surface area (Å²) in [5.41, 5.74) is 0.865. The Morgan fingerprint density at radius 2 is 1.71 bits per heavy atom. The molecular formula is C15H23N3O2S. The Morgan fingerprint density at radius 3 is 2.14 bits per heavy atom. The molecule has 0 unspecified atom stereocenters. The number of nitro groups is 1. The zero-order chi connectivity index (χ0) is 15.7. The smallest absolute Gasteiger partial charge is 0.269 e. The highest BCUT2D eigenvalue weighted by Crippen LogP contribution is 2.16. The normalized spacial score (nSPS) is 10.2. The fraction of sp³-hybridized carbons (Fsp3) is 0.533. The van der Waals surface area contributed by atoms with Gasteiger partial charge in [0.15, 0.2) is 5.11 Å². The fourth-order valence-corrected chi connectivity index (χ4v) is 2.18. The molecule has 0 aliphatic heterocycles. The highest BCUT2D eigenvalue weighted by molar-refractivity contribution is 7.80. The predicted molar refractivity (Wildman–Crippen MR) is 90.7 cm³/mol. The van der Waals surface area contributed by atoms with Gasteiger partial charge in [0, 0.05) is 30.9 Å². The lowest BCUT2D eigenvalue weighted by atomic mass is 10.2. The molecule has 0 atom stereocenters. The third-order valence-corrected chi connectivity index (χ3v) is 3.54. The summed E-state index contributed by atoms with van der Waals surface area (Å²) in [6, 6.07) is 6.32. The maximum atomic E-state index is 10.6. The zero-order valence-corrected chi connectivity index (χ0v) is 13.5. The van der Waals surface area contributed by atoms with Gasteiger partial charge in [-0.25, -0.2) is 0 Å². The molecule has 0 bridgehead atoms. The first-order valence-corrected chi connectivity index (χ1v) is 7.79. The first kappa shape index (κ1) is 17.4. The van der Waals surface area contributed by atoms with E-state index in [2.05, 4.69) is 24.1 Å². The van der Waals surface area contributed by atoms with Gasteiger partial charge in [0.05, 0.1) is 4.92 Å². The maximum Gasteiger partial charge on any atom is 0.269 e. The molecule has 1 aromatic rings. The number of thiocarbonyl (C=S) groups is 1. The van der Waals surface area contributed by atoms with E-state index in [0.29, 0.717) is 5.11 Å². The molecule has 0 saturated heterocycles. The molecule has 0 amide bonds. The van der Waals surface area contributed by atoms with Gasteiger partial charge in [0.1, 0.15) is 0 Å². The molecule has 1 rings (SSSR count). The molecule has 21 heavy (non-hydrogen) atoms. The maximum absolute atomic E-state index is 10.6. The minimum absolute atomic E-state index is 0.0836. The summed E-state index contributed by atoms with van der Waals surface area (Å²) in [5, 5.41) is 14.5. The molecule has 0 heterocycles. The van der Waals surface area contributed by atoms with Crippen LogP contribution in [-0.2, 0) is 0 Å². The van der Waals surface area contributed by atoms with E-state index in [1.807, 2.05) is 0 Å². The average Bonchev–Trinajstić information content (AvgIpc) is 2.47. The van der Waals surface area contributed by atoms with Gasteiger partial charge in [-0.1, -0.05) is 26.7 Å². The Balaban J connectivity index is 2.64. The van der Waals surface area contributed by atoms with Gasteiger partial charge in [0.25, 0.3) is 5.69 Å². The van der Waals surface area contributed by atoms with Gasteiger partial charge < -0.3 is 10.2 Å². The van der Waals surface area contributed by atoms with Crippen LogP contribution in [0.25, 0.3) is 0 Å². The van der Waals surface area contributed by atoms with E-state index >= 15 is 0 Å². The molecule has 0 aromatic heterocycles. The van der Waals surface area contributed by atoms with Crippen molar-refractivity contribution in [2.45, 2.75) is 39.5 Å². The Bertz CT molecular complexity index is 454. The minimum Gasteiger partial charge on any atom is -0.349 e. The van der Waals surface area contributed by atoms with Gasteiger partial charge in [-0.2, -0.15) is 0 Å². The standard InChI is InChI=1S/C15H23N3O2S/c1-3-5-11-17(12-6-4-2)15(21)16-13-7-9-14(10-8-13)18(19)20/h7-10H,3-6,11-12H2,1-2H3,(H,16,21). The minimum atomic E-state index is -0.406. The van der Waals surface area contributed by atoms with Crippen molar-refractivity contribution in [2.24, 2.45) is 0 Å². The number of rotatable bonds is 8. The van der Waals surface area contributed by atoms with Crippen molar-refractivity contribution < 1.29 is 4.92 Å². The summed E-state index contributed by atoms with van der Waals surface area (Å²) in [7, 11) is 0. The number of anilines is 1. The van der Waals surface area contributed by atoms with E-state index < -0.39 is 4.92 Å². The Labute approximate surface area is 131 Å². The number of nitrogens with one attached hydrogen (secondary N) is 1. The van der Waals surface area contributed by atoms with Crippen molar-refractivity contribution in [1.82, 2.24) is 4.90 Å². The second-order valence-corrected chi connectivity index (χ2v) is 5.31. The van der Waals surface area contributed by atoms with Crippen LogP contribution in [0.1, 0.15) is 39.5 Å². The number of hydrogen-bond acceptors (Lipinski definition) is 3. The largest absolute Gasteiger partial charge is 0.349 e. The molecular weight excluding hydrogens is 286 g/mol. The molecule has 1 N–H and O–H groups in total. The van der Waals surface area contributed by atoms with Crippen LogP contribution in [0.2, 0.25) is 0 Å². The highest BCUT2D eigenvalue weighted by Gasteiger charge is 2.10. The molecule has 0 fully saturated rings. The van der Waals surface area contributed by atoms with Crippen molar-refractivity contribution in [2.75, 3.05) is 18.4 Å². The number of hydrogen-bond donors (Lipinski definition) is 1. The van der Waals surface area contributed by atoms with Crippen molar-refractivity contribution in [3.05, 3.63) is 34.4 Å². The van der Waals surface area contributed by atoms with Crippen molar-refractivity contribution in [1.29, 1.82) is 0 Å². The van der Waals surface area contributed by atoms with Crippen molar-refractivity contribution >= 4 is 28.7 Å². The molecule has 6 heteroatoms. The fourth-order valence-electron chi connectivity index (χ4n) is 1.88. The Hall–Kier alpha value is -1.69. The number of nitro benzene ring substituents is 1. The molecule has 0 spiro atoms. The first-order chi connectivity index (χ1) is 10.1. The van der Waals surface area contributed by atoms with E-state index in [-0.39, 0.29) is 5.69 Å². The molecule has 116 valence electrons. The second-order valence-electron chi connectivity index (χ2n) is 4.93. The van der Waals surface area contributed by atoms with Crippen molar-refractivity contribution in [3.8, 4) is 0 Å². The third-order valence-electron chi connectivity index (χ3n) is 3.18. The number of unbranched alkanes of at least 4 members (excludes halogenated alkanes) is 2. The lowest BCUT2D eigenvalue weighted by molar-refractivity contribution is -0.384. The number of benzene rings is 1. The molecule has 0 saturated carbocycles. The first-order valence-electron chi connectivity index (χ1n) is 7.38. The highest BCUT2D eigenvalue weighted by atomic mass is 32.1. The quantitative estimate of drug-likeness (QED) is 0.443. The van der Waals surface area contributed by atoms with Crippen LogP contribution in [0.3, 0.4) is 0 Å². The van der Waals surface area contributed by atoms with Crippen LogP contribution < -0.4 is 5.32 Å². The predicted octanol–water partition coefficient (Wildman–Crippen LogP) is 4.19. The molecule has 0 aliphatic carbocycles. The monoisotopic (exact) mass is 309 g/mol. The van der Waals surface area contributed by atoms with E-state index in [1.54, 1.807) is 12.1 Å². The third kappa shape index (κ3) is 6.08. The summed E-state index contributed by atoms with van der Waals surface area (Å²) < 4.78 is 0. The van der Waals surface area contributed by atoms with Gasteiger partial charge >= 0.3 is 0 Å². The number of non-ortho nitro benzene ring substituents is 1. The van der Waals surface area contributed by atoms with E-state index in [9.17, 15) is 10.1 Å². The Kier molecular flexibility index (Phi) is 7.68. The van der Waals surface area contributed by atoms with Crippen LogP contribution in [0.15, 0.2) is 24.3 Å². The zero-order valence-electron chi connectivity index (χ0n) is 12.7. The number of nitrogens with zero attached hydrogens (tertiary/aromatic N) is 2. The average molecular weight is 309 g/mol. The van der Waals surface area contributed by atoms with Crippen LogP contribution in [-0.4, -0.2) is 28.0 Å². The van der Waals surface area contributed by atoms with Crippen LogP contribution in [0.4, 0.5) is 11.4 Å². The summed E-state index contributed by atoms with van der Waals surface area (Å²) in [4.78, 5) is 12.4. The van der Waals surface area contributed by atoms with E-state index in [1.165, 1.54) is 12.1 Å². The van der Waals surface area contributed by atoms with E-state index in [0.717, 1.165) is 44.5 Å². The summed E-state index contributed by atoms with van der Waals surface area (Å²) in [6.45, 7) is 6.19. The molecule has 0 aliphatic rings. The molecule has 1 aromatic carbocycles. The SMILES string of the molecule is CCCCN(CCCC)C(=S)Nc1ccc([N+](=O)[O-])cc1. The topological polar surface area (TPSA) is 58.4 Å². The van der Waals surface area contributed by atoms with Gasteiger partial charge in [-0.3, -0.25) is 10.1 Å². The van der Waals surface area contributed by atoms with E-state index in [4.69, 9.17) is 12.2 Å². The summed E-state index contributed by atoms with van der Waals surface area (Å²) in [6.07, 6.45) is 4.46. The molecule has 5 nitrogen and oxygen atoms in total. The van der Waals surface area contributed by atoms with Gasteiger partial charge in [-0.15, -0.1) is 0 Å². The van der Waals surface area contributed by atoms with Crippen LogP contribution >= 0.6 is 12.2 Å². The van der Waals surface area contributed by atoms with Gasteiger partial charge in [-0.05, 0) is 37.2 Å². The van der Waals surface area contributed by atoms with Gasteiger partial charge in [0.2, 0.25) is 0 Å². The Morgan fingerprint density at radius 1 is 1.19 bits per heavy atom. The lowest BCUT2D eigenvalue weighted by Crippen LogP contribution is -2.36. The van der Waals surface area contributed by atoms with Crippen LogP contribution in [0, 0.1) is 10.1 Å².